The average molecular weight is 282 g/mol. The Bertz CT molecular complexity index is 314. The Morgan fingerprint density at radius 1 is 0.950 bits per heavy atom. The normalized spacial score (nSPS) is 18.6. The molecule has 2 heteroatoms. The lowest BCUT2D eigenvalue weighted by molar-refractivity contribution is -0.181. The summed E-state index contributed by atoms with van der Waals surface area (Å²) in [4.78, 5) is 12.8. The molecule has 0 atom stereocenters. The zero-order valence-electron chi connectivity index (χ0n) is 14.6. The molecule has 1 rings (SSSR count). The molecular formula is C18H34O2. The molecule has 0 unspecified atom stereocenters. The summed E-state index contributed by atoms with van der Waals surface area (Å²) in [6.45, 7) is 14.7. The van der Waals surface area contributed by atoms with Gasteiger partial charge in [0.2, 0.25) is 0 Å². The van der Waals surface area contributed by atoms with Gasteiger partial charge in [0, 0.05) is 0 Å². The number of hydrogen-bond acceptors (Lipinski definition) is 2. The van der Waals surface area contributed by atoms with E-state index in [1.165, 1.54) is 32.1 Å². The highest BCUT2D eigenvalue weighted by molar-refractivity contribution is 5.77. The first-order valence-electron chi connectivity index (χ1n) is 8.35. The minimum absolute atomic E-state index is 0.0157. The van der Waals surface area contributed by atoms with E-state index in [1.54, 1.807) is 0 Å². The molecule has 118 valence electrons. The van der Waals surface area contributed by atoms with Crippen molar-refractivity contribution in [3.05, 3.63) is 0 Å². The maximum Gasteiger partial charge on any atom is 0.312 e. The average Bonchev–Trinajstić information content (AvgIpc) is 2.37. The second-order valence-corrected chi connectivity index (χ2v) is 7.92. The Hall–Kier alpha value is -0.530. The standard InChI is InChI=1S/C18H34O2/c1-13(2)18(7,14(3)4)16(19)20-17(5,6)15-11-9-8-10-12-15/h13-15H,8-12H2,1-7H3. The van der Waals surface area contributed by atoms with Crippen LogP contribution in [0.25, 0.3) is 0 Å². The number of hydrogen-bond donors (Lipinski definition) is 0. The van der Waals surface area contributed by atoms with Crippen LogP contribution in [0.4, 0.5) is 0 Å². The van der Waals surface area contributed by atoms with E-state index in [0.717, 1.165) is 0 Å². The third kappa shape index (κ3) is 3.56. The summed E-state index contributed by atoms with van der Waals surface area (Å²) in [5.41, 5.74) is -0.728. The van der Waals surface area contributed by atoms with Gasteiger partial charge in [0.05, 0.1) is 5.41 Å². The van der Waals surface area contributed by atoms with Crippen LogP contribution in [0.5, 0.6) is 0 Å². The maximum absolute atomic E-state index is 12.8. The van der Waals surface area contributed by atoms with Crippen LogP contribution in [0.15, 0.2) is 0 Å². The molecule has 0 aliphatic heterocycles. The summed E-state index contributed by atoms with van der Waals surface area (Å²) in [6.07, 6.45) is 6.27. The van der Waals surface area contributed by atoms with Crippen molar-refractivity contribution in [2.45, 2.75) is 86.2 Å². The monoisotopic (exact) mass is 282 g/mol. The minimum atomic E-state index is -0.397. The molecule has 0 aromatic rings. The summed E-state index contributed by atoms with van der Waals surface area (Å²) in [6, 6.07) is 0. The fraction of sp³-hybridized carbons (Fsp3) is 0.944. The Balaban J connectivity index is 2.81. The second-order valence-electron chi connectivity index (χ2n) is 7.92. The fourth-order valence-electron chi connectivity index (χ4n) is 3.37. The molecule has 0 heterocycles. The molecule has 1 saturated carbocycles. The van der Waals surface area contributed by atoms with E-state index in [1.807, 2.05) is 0 Å². The third-order valence-corrected chi connectivity index (χ3v) is 5.78. The first kappa shape index (κ1) is 17.5. The van der Waals surface area contributed by atoms with Crippen LogP contribution < -0.4 is 0 Å². The lowest BCUT2D eigenvalue weighted by atomic mass is 9.70. The van der Waals surface area contributed by atoms with E-state index >= 15 is 0 Å². The van der Waals surface area contributed by atoms with E-state index in [4.69, 9.17) is 4.74 Å². The number of carbonyl (C=O) groups is 1. The summed E-state index contributed by atoms with van der Waals surface area (Å²) < 4.78 is 6.03. The number of carbonyl (C=O) groups excluding carboxylic acids is 1. The van der Waals surface area contributed by atoms with Gasteiger partial charge in [0.1, 0.15) is 5.60 Å². The van der Waals surface area contributed by atoms with Crippen molar-refractivity contribution < 1.29 is 9.53 Å². The van der Waals surface area contributed by atoms with Crippen molar-refractivity contribution in [2.24, 2.45) is 23.2 Å². The minimum Gasteiger partial charge on any atom is -0.459 e. The molecule has 0 saturated heterocycles. The first-order valence-corrected chi connectivity index (χ1v) is 8.35. The first-order chi connectivity index (χ1) is 9.12. The fourth-order valence-corrected chi connectivity index (χ4v) is 3.37. The Labute approximate surface area is 125 Å². The zero-order chi connectivity index (χ0) is 15.6. The highest BCUT2D eigenvalue weighted by Crippen LogP contribution is 2.41. The lowest BCUT2D eigenvalue weighted by Gasteiger charge is -2.42. The molecule has 0 aromatic heterocycles. The summed E-state index contributed by atoms with van der Waals surface area (Å²) in [5, 5.41) is 0. The summed E-state index contributed by atoms with van der Waals surface area (Å²) in [5.74, 6) is 1.08. The van der Waals surface area contributed by atoms with Gasteiger partial charge in [-0.15, -0.1) is 0 Å². The van der Waals surface area contributed by atoms with Gasteiger partial charge < -0.3 is 4.74 Å². The zero-order valence-corrected chi connectivity index (χ0v) is 14.6. The Kier molecular flexibility index (Phi) is 5.69. The van der Waals surface area contributed by atoms with Crippen molar-refractivity contribution in [1.82, 2.24) is 0 Å². The summed E-state index contributed by atoms with van der Waals surface area (Å²) in [7, 11) is 0. The van der Waals surface area contributed by atoms with Crippen LogP contribution in [-0.4, -0.2) is 11.6 Å². The SMILES string of the molecule is CC(C)C(C)(C(=O)OC(C)(C)C1CCCCC1)C(C)C. The van der Waals surface area contributed by atoms with Crippen LogP contribution in [0, 0.1) is 23.2 Å². The van der Waals surface area contributed by atoms with E-state index in [0.29, 0.717) is 5.92 Å². The van der Waals surface area contributed by atoms with Crippen LogP contribution in [0.1, 0.15) is 80.6 Å². The Morgan fingerprint density at radius 2 is 1.40 bits per heavy atom. The van der Waals surface area contributed by atoms with Crippen molar-refractivity contribution in [3.63, 3.8) is 0 Å². The highest BCUT2D eigenvalue weighted by atomic mass is 16.6. The van der Waals surface area contributed by atoms with E-state index in [2.05, 4.69) is 48.5 Å². The van der Waals surface area contributed by atoms with Crippen molar-refractivity contribution in [3.8, 4) is 0 Å². The molecule has 0 N–H and O–H groups in total. The van der Waals surface area contributed by atoms with Crippen molar-refractivity contribution in [1.29, 1.82) is 0 Å². The van der Waals surface area contributed by atoms with Crippen LogP contribution in [0.2, 0.25) is 0 Å². The van der Waals surface area contributed by atoms with Crippen molar-refractivity contribution >= 4 is 5.97 Å². The van der Waals surface area contributed by atoms with Gasteiger partial charge in [-0.05, 0) is 51.4 Å². The van der Waals surface area contributed by atoms with Gasteiger partial charge in [-0.3, -0.25) is 4.79 Å². The molecule has 0 spiro atoms. The van der Waals surface area contributed by atoms with Gasteiger partial charge in [-0.1, -0.05) is 47.0 Å². The predicted octanol–water partition coefficient (Wildman–Crippen LogP) is 5.21. The maximum atomic E-state index is 12.8. The van der Waals surface area contributed by atoms with E-state index < -0.39 is 5.41 Å². The lowest BCUT2D eigenvalue weighted by Crippen LogP contribution is -2.46. The third-order valence-electron chi connectivity index (χ3n) is 5.78. The summed E-state index contributed by atoms with van der Waals surface area (Å²) >= 11 is 0. The van der Waals surface area contributed by atoms with Gasteiger partial charge in [0.25, 0.3) is 0 Å². The molecule has 1 aliphatic carbocycles. The molecule has 20 heavy (non-hydrogen) atoms. The highest BCUT2D eigenvalue weighted by Gasteiger charge is 2.45. The van der Waals surface area contributed by atoms with Gasteiger partial charge in [-0.2, -0.15) is 0 Å². The molecule has 0 radical (unpaired) electrons. The second kappa shape index (κ2) is 6.49. The van der Waals surface area contributed by atoms with Crippen LogP contribution in [0.3, 0.4) is 0 Å². The van der Waals surface area contributed by atoms with Crippen LogP contribution in [-0.2, 0) is 9.53 Å². The topological polar surface area (TPSA) is 26.3 Å². The molecular weight excluding hydrogens is 248 g/mol. The molecule has 1 fully saturated rings. The molecule has 2 nitrogen and oxygen atoms in total. The Morgan fingerprint density at radius 3 is 1.80 bits per heavy atom. The number of esters is 1. The van der Waals surface area contributed by atoms with E-state index in [-0.39, 0.29) is 23.4 Å². The molecule has 0 aromatic carbocycles. The predicted molar refractivity (Wildman–Crippen MR) is 84.5 cm³/mol. The largest absolute Gasteiger partial charge is 0.459 e. The van der Waals surface area contributed by atoms with Gasteiger partial charge >= 0.3 is 5.97 Å². The van der Waals surface area contributed by atoms with E-state index in [9.17, 15) is 4.79 Å². The molecule has 0 amide bonds. The number of rotatable bonds is 5. The molecule has 0 bridgehead atoms. The van der Waals surface area contributed by atoms with Crippen molar-refractivity contribution in [2.75, 3.05) is 0 Å². The molecule has 1 aliphatic rings. The van der Waals surface area contributed by atoms with Gasteiger partial charge in [0.15, 0.2) is 0 Å². The van der Waals surface area contributed by atoms with Crippen LogP contribution >= 0.6 is 0 Å². The van der Waals surface area contributed by atoms with Gasteiger partial charge in [-0.25, -0.2) is 0 Å². The quantitative estimate of drug-likeness (QED) is 0.647. The number of ether oxygens (including phenoxy) is 1. The smallest absolute Gasteiger partial charge is 0.312 e.